The minimum atomic E-state index is -0.640. The van der Waals surface area contributed by atoms with Crippen LogP contribution < -0.4 is 11.1 Å². The van der Waals surface area contributed by atoms with Crippen LogP contribution in [0, 0.1) is 6.92 Å². The molecular weight excluding hydrogens is 292 g/mol. The van der Waals surface area contributed by atoms with Gasteiger partial charge in [-0.2, -0.15) is 5.10 Å². The molecule has 0 atom stereocenters. The predicted octanol–water partition coefficient (Wildman–Crippen LogP) is 2.22. The summed E-state index contributed by atoms with van der Waals surface area (Å²) in [6.45, 7) is 4.01. The molecule has 7 heteroatoms. The van der Waals surface area contributed by atoms with Crippen molar-refractivity contribution >= 4 is 29.1 Å². The number of hydrogen-bond acceptors (Lipinski definition) is 3. The fourth-order valence-electron chi connectivity index (χ4n) is 2.03. The van der Waals surface area contributed by atoms with Crippen molar-refractivity contribution in [1.29, 1.82) is 0 Å². The zero-order valence-electron chi connectivity index (χ0n) is 11.7. The lowest BCUT2D eigenvalue weighted by molar-refractivity contribution is 0.0991. The first-order chi connectivity index (χ1) is 9.93. The lowest BCUT2D eigenvalue weighted by Gasteiger charge is -2.07. The van der Waals surface area contributed by atoms with Crippen LogP contribution in [0.25, 0.3) is 0 Å². The van der Waals surface area contributed by atoms with E-state index in [1.54, 1.807) is 31.2 Å². The number of benzene rings is 1. The zero-order valence-corrected chi connectivity index (χ0v) is 12.4. The summed E-state index contributed by atoms with van der Waals surface area (Å²) in [4.78, 5) is 23.8. The fourth-order valence-corrected chi connectivity index (χ4v) is 2.22. The minimum absolute atomic E-state index is 0.186. The van der Waals surface area contributed by atoms with E-state index in [0.29, 0.717) is 28.5 Å². The van der Waals surface area contributed by atoms with Crippen molar-refractivity contribution in [3.8, 4) is 0 Å². The van der Waals surface area contributed by atoms with Crippen molar-refractivity contribution in [2.24, 2.45) is 5.73 Å². The Hall–Kier alpha value is -2.34. The summed E-state index contributed by atoms with van der Waals surface area (Å²) in [7, 11) is 0. The number of amides is 2. The van der Waals surface area contributed by atoms with Crippen LogP contribution in [0.5, 0.6) is 0 Å². The van der Waals surface area contributed by atoms with Gasteiger partial charge in [-0.1, -0.05) is 17.7 Å². The molecule has 110 valence electrons. The van der Waals surface area contributed by atoms with Crippen LogP contribution in [-0.4, -0.2) is 21.6 Å². The highest BCUT2D eigenvalue weighted by Crippen LogP contribution is 2.21. The highest BCUT2D eigenvalue weighted by Gasteiger charge is 2.21. The normalized spacial score (nSPS) is 10.4. The van der Waals surface area contributed by atoms with Crippen LogP contribution in [0.4, 0.5) is 5.69 Å². The lowest BCUT2D eigenvalue weighted by Crippen LogP contribution is -2.21. The number of hydrogen-bond donors (Lipinski definition) is 2. The standard InChI is InChI=1S/C14H15ClN4O2/c1-3-19-12(13(16)20)11(8(2)18-19)17-14(21)9-5-4-6-10(15)7-9/h4-7H,3H2,1-2H3,(H2,16,20)(H,17,21). The van der Waals surface area contributed by atoms with Crippen molar-refractivity contribution in [1.82, 2.24) is 9.78 Å². The molecule has 0 unspecified atom stereocenters. The van der Waals surface area contributed by atoms with E-state index in [0.717, 1.165) is 0 Å². The first kappa shape index (κ1) is 15.1. The molecule has 1 heterocycles. The Morgan fingerprint density at radius 3 is 2.71 bits per heavy atom. The highest BCUT2D eigenvalue weighted by molar-refractivity contribution is 6.31. The average Bonchev–Trinajstić information content (AvgIpc) is 2.75. The predicted molar refractivity (Wildman–Crippen MR) is 80.6 cm³/mol. The molecule has 0 spiro atoms. The molecular formula is C14H15ClN4O2. The van der Waals surface area contributed by atoms with Gasteiger partial charge in [0.2, 0.25) is 0 Å². The maximum atomic E-state index is 12.2. The van der Waals surface area contributed by atoms with Gasteiger partial charge in [0.1, 0.15) is 5.69 Å². The number of carbonyl (C=O) groups excluding carboxylic acids is 2. The van der Waals surface area contributed by atoms with Gasteiger partial charge in [0.15, 0.2) is 0 Å². The van der Waals surface area contributed by atoms with Crippen molar-refractivity contribution in [2.45, 2.75) is 20.4 Å². The molecule has 0 saturated carbocycles. The van der Waals surface area contributed by atoms with E-state index in [-0.39, 0.29) is 11.6 Å². The van der Waals surface area contributed by atoms with Crippen LogP contribution in [0.2, 0.25) is 5.02 Å². The lowest BCUT2D eigenvalue weighted by atomic mass is 10.2. The van der Waals surface area contributed by atoms with E-state index < -0.39 is 5.91 Å². The molecule has 1 aromatic carbocycles. The zero-order chi connectivity index (χ0) is 15.6. The van der Waals surface area contributed by atoms with E-state index in [1.165, 1.54) is 4.68 Å². The molecule has 6 nitrogen and oxygen atoms in total. The largest absolute Gasteiger partial charge is 0.364 e. The number of nitrogens with two attached hydrogens (primary N) is 1. The second kappa shape index (κ2) is 5.97. The number of primary amides is 1. The molecule has 2 amide bonds. The summed E-state index contributed by atoms with van der Waals surface area (Å²) in [5.74, 6) is -1.02. The number of aryl methyl sites for hydroxylation is 2. The van der Waals surface area contributed by atoms with Crippen LogP contribution >= 0.6 is 11.6 Å². The maximum absolute atomic E-state index is 12.2. The molecule has 2 aromatic rings. The van der Waals surface area contributed by atoms with Crippen LogP contribution in [0.3, 0.4) is 0 Å². The molecule has 0 aliphatic rings. The number of rotatable bonds is 4. The molecule has 0 aliphatic heterocycles. The molecule has 0 radical (unpaired) electrons. The van der Waals surface area contributed by atoms with Gasteiger partial charge in [-0.05, 0) is 32.0 Å². The fraction of sp³-hybridized carbons (Fsp3) is 0.214. The topological polar surface area (TPSA) is 90.0 Å². The number of anilines is 1. The summed E-state index contributed by atoms with van der Waals surface area (Å²) in [6, 6.07) is 6.52. The number of nitrogens with one attached hydrogen (secondary N) is 1. The Morgan fingerprint density at radius 2 is 2.14 bits per heavy atom. The third-order valence-corrected chi connectivity index (χ3v) is 3.22. The SMILES string of the molecule is CCn1nc(C)c(NC(=O)c2cccc(Cl)c2)c1C(N)=O. The molecule has 21 heavy (non-hydrogen) atoms. The number of halogens is 1. The summed E-state index contributed by atoms with van der Waals surface area (Å²) in [5.41, 5.74) is 6.80. The first-order valence-electron chi connectivity index (χ1n) is 6.38. The Labute approximate surface area is 126 Å². The summed E-state index contributed by atoms with van der Waals surface area (Å²) in [5, 5.41) is 7.32. The van der Waals surface area contributed by atoms with Crippen molar-refractivity contribution in [3.05, 3.63) is 46.2 Å². The van der Waals surface area contributed by atoms with Gasteiger partial charge in [-0.15, -0.1) is 0 Å². The average molecular weight is 307 g/mol. The maximum Gasteiger partial charge on any atom is 0.269 e. The molecule has 0 saturated heterocycles. The molecule has 0 fully saturated rings. The Bertz CT molecular complexity index is 709. The molecule has 0 bridgehead atoms. The molecule has 0 aliphatic carbocycles. The molecule has 1 aromatic heterocycles. The molecule has 3 N–H and O–H groups in total. The quantitative estimate of drug-likeness (QED) is 0.907. The van der Waals surface area contributed by atoms with Gasteiger partial charge in [0.25, 0.3) is 11.8 Å². The summed E-state index contributed by atoms with van der Waals surface area (Å²) >= 11 is 5.86. The summed E-state index contributed by atoms with van der Waals surface area (Å²) < 4.78 is 1.46. The van der Waals surface area contributed by atoms with Crippen LogP contribution in [0.15, 0.2) is 24.3 Å². The van der Waals surface area contributed by atoms with E-state index in [1.807, 2.05) is 6.92 Å². The van der Waals surface area contributed by atoms with Crippen LogP contribution in [0.1, 0.15) is 33.5 Å². The van der Waals surface area contributed by atoms with E-state index in [9.17, 15) is 9.59 Å². The second-order valence-electron chi connectivity index (χ2n) is 4.45. The smallest absolute Gasteiger partial charge is 0.269 e. The van der Waals surface area contributed by atoms with Crippen molar-refractivity contribution in [2.75, 3.05) is 5.32 Å². The molecule has 2 rings (SSSR count). The van der Waals surface area contributed by atoms with Gasteiger partial charge in [-0.25, -0.2) is 0 Å². The second-order valence-corrected chi connectivity index (χ2v) is 4.89. The Kier molecular flexibility index (Phi) is 4.28. The first-order valence-corrected chi connectivity index (χ1v) is 6.76. The highest BCUT2D eigenvalue weighted by atomic mass is 35.5. The third kappa shape index (κ3) is 3.05. The van der Waals surface area contributed by atoms with Gasteiger partial charge >= 0.3 is 0 Å². The van der Waals surface area contributed by atoms with E-state index in [4.69, 9.17) is 17.3 Å². The van der Waals surface area contributed by atoms with Crippen molar-refractivity contribution < 1.29 is 9.59 Å². The number of carbonyl (C=O) groups is 2. The number of aromatic nitrogens is 2. The van der Waals surface area contributed by atoms with E-state index >= 15 is 0 Å². The Balaban J connectivity index is 2.37. The van der Waals surface area contributed by atoms with Crippen molar-refractivity contribution in [3.63, 3.8) is 0 Å². The number of nitrogens with zero attached hydrogens (tertiary/aromatic N) is 2. The van der Waals surface area contributed by atoms with Gasteiger partial charge < -0.3 is 11.1 Å². The van der Waals surface area contributed by atoms with Gasteiger partial charge in [0, 0.05) is 17.1 Å². The van der Waals surface area contributed by atoms with Crippen LogP contribution in [-0.2, 0) is 6.54 Å². The third-order valence-electron chi connectivity index (χ3n) is 2.99. The van der Waals surface area contributed by atoms with Gasteiger partial charge in [-0.3, -0.25) is 14.3 Å². The van der Waals surface area contributed by atoms with Gasteiger partial charge in [0.05, 0.1) is 11.4 Å². The van der Waals surface area contributed by atoms with E-state index in [2.05, 4.69) is 10.4 Å². The monoisotopic (exact) mass is 306 g/mol. The summed E-state index contributed by atoms with van der Waals surface area (Å²) in [6.07, 6.45) is 0. The Morgan fingerprint density at radius 1 is 1.43 bits per heavy atom. The minimum Gasteiger partial charge on any atom is -0.364 e.